The van der Waals surface area contributed by atoms with E-state index in [1.165, 1.54) is 31.9 Å². The summed E-state index contributed by atoms with van der Waals surface area (Å²) in [5, 5.41) is 4.53. The predicted molar refractivity (Wildman–Crippen MR) is 62.5 cm³/mol. The molecule has 1 aliphatic rings. The van der Waals surface area contributed by atoms with Gasteiger partial charge in [-0.05, 0) is 25.5 Å². The Morgan fingerprint density at radius 1 is 1.56 bits per heavy atom. The Morgan fingerprint density at radius 2 is 2.44 bits per heavy atom. The van der Waals surface area contributed by atoms with E-state index in [1.54, 1.807) is 0 Å². The lowest BCUT2D eigenvalue weighted by Crippen LogP contribution is -2.13. The zero-order valence-electron chi connectivity index (χ0n) is 9.44. The number of hydrogen-bond donors (Lipinski definition) is 0. The zero-order valence-corrected chi connectivity index (χ0v) is 10.3. The van der Waals surface area contributed by atoms with E-state index in [9.17, 15) is 4.79 Å². The lowest BCUT2D eigenvalue weighted by molar-refractivity contribution is -0.116. The summed E-state index contributed by atoms with van der Waals surface area (Å²) in [6.07, 6.45) is 4.98. The Hall–Kier alpha value is -0.840. The second-order valence-corrected chi connectivity index (χ2v) is 5.58. The molecular formula is C11H16N2O2S. The van der Waals surface area contributed by atoms with Crippen molar-refractivity contribution >= 4 is 17.5 Å². The summed E-state index contributed by atoms with van der Waals surface area (Å²) in [7, 11) is 0. The van der Waals surface area contributed by atoms with Crippen molar-refractivity contribution in [3.63, 3.8) is 0 Å². The van der Waals surface area contributed by atoms with Gasteiger partial charge < -0.3 is 4.52 Å². The third-order valence-corrected chi connectivity index (χ3v) is 3.99. The van der Waals surface area contributed by atoms with Crippen molar-refractivity contribution in [3.8, 4) is 0 Å². The minimum atomic E-state index is 0.0576. The fraction of sp³-hybridized carbons (Fsp3) is 0.727. The topological polar surface area (TPSA) is 56.0 Å². The molecule has 0 radical (unpaired) electrons. The van der Waals surface area contributed by atoms with E-state index in [0.717, 1.165) is 12.2 Å². The van der Waals surface area contributed by atoms with Crippen molar-refractivity contribution in [3.05, 3.63) is 11.7 Å². The van der Waals surface area contributed by atoms with E-state index in [-0.39, 0.29) is 12.2 Å². The average molecular weight is 240 g/mol. The second kappa shape index (κ2) is 5.48. The smallest absolute Gasteiger partial charge is 0.234 e. The number of thioether (sulfide) groups is 1. The number of rotatable bonds is 4. The summed E-state index contributed by atoms with van der Waals surface area (Å²) < 4.78 is 5.03. The van der Waals surface area contributed by atoms with Crippen LogP contribution in [0.2, 0.25) is 0 Å². The van der Waals surface area contributed by atoms with Crippen LogP contribution in [0.25, 0.3) is 0 Å². The van der Waals surface area contributed by atoms with Gasteiger partial charge in [-0.1, -0.05) is 11.6 Å². The number of ketones is 1. The molecule has 1 atom stereocenters. The largest absolute Gasteiger partial charge is 0.339 e. The standard InChI is InChI=1S/C11H16N2O2S/c1-8(14)6-11-12-10(13-15-11)7-9-4-2-3-5-16-9/h9H,2-7H2,1H3. The summed E-state index contributed by atoms with van der Waals surface area (Å²) in [6.45, 7) is 1.53. The molecule has 0 saturated carbocycles. The predicted octanol–water partition coefficient (Wildman–Crippen LogP) is 2.03. The van der Waals surface area contributed by atoms with E-state index >= 15 is 0 Å². The molecule has 0 spiro atoms. The van der Waals surface area contributed by atoms with E-state index in [4.69, 9.17) is 4.52 Å². The average Bonchev–Trinajstić information content (AvgIpc) is 2.66. The number of hydrogen-bond acceptors (Lipinski definition) is 5. The van der Waals surface area contributed by atoms with Gasteiger partial charge >= 0.3 is 0 Å². The highest BCUT2D eigenvalue weighted by atomic mass is 32.2. The first-order valence-electron chi connectivity index (χ1n) is 5.66. The van der Waals surface area contributed by atoms with Crippen molar-refractivity contribution in [2.75, 3.05) is 5.75 Å². The van der Waals surface area contributed by atoms with Gasteiger partial charge in [0.15, 0.2) is 5.82 Å². The van der Waals surface area contributed by atoms with Crippen LogP contribution >= 0.6 is 11.8 Å². The molecule has 0 N–H and O–H groups in total. The first-order valence-corrected chi connectivity index (χ1v) is 6.71. The van der Waals surface area contributed by atoms with Gasteiger partial charge in [-0.3, -0.25) is 4.79 Å². The van der Waals surface area contributed by atoms with Gasteiger partial charge in [-0.2, -0.15) is 16.7 Å². The molecular weight excluding hydrogens is 224 g/mol. The summed E-state index contributed by atoms with van der Waals surface area (Å²) >= 11 is 1.99. The number of nitrogens with zero attached hydrogens (tertiary/aromatic N) is 2. The SMILES string of the molecule is CC(=O)Cc1nc(CC2CCCCS2)no1. The van der Waals surface area contributed by atoms with Crippen molar-refractivity contribution < 1.29 is 9.32 Å². The number of Topliss-reactive ketones (excluding diaryl/α,β-unsaturated/α-hetero) is 1. The van der Waals surface area contributed by atoms with E-state index in [0.29, 0.717) is 11.1 Å². The van der Waals surface area contributed by atoms with Crippen LogP contribution < -0.4 is 0 Å². The number of carbonyl (C=O) groups is 1. The van der Waals surface area contributed by atoms with Crippen molar-refractivity contribution in [1.82, 2.24) is 10.1 Å². The fourth-order valence-corrected chi connectivity index (χ4v) is 3.13. The maximum absolute atomic E-state index is 10.9. The molecule has 4 nitrogen and oxygen atoms in total. The molecule has 2 heterocycles. The van der Waals surface area contributed by atoms with E-state index in [1.807, 2.05) is 11.8 Å². The molecule has 5 heteroatoms. The Labute approximate surface area is 99.2 Å². The monoisotopic (exact) mass is 240 g/mol. The Morgan fingerprint density at radius 3 is 3.12 bits per heavy atom. The van der Waals surface area contributed by atoms with Gasteiger partial charge in [0.2, 0.25) is 5.89 Å². The maximum Gasteiger partial charge on any atom is 0.234 e. The number of carbonyl (C=O) groups excluding carboxylic acids is 1. The first kappa shape index (κ1) is 11.6. The lowest BCUT2D eigenvalue weighted by atomic mass is 10.1. The highest BCUT2D eigenvalue weighted by Gasteiger charge is 2.17. The van der Waals surface area contributed by atoms with Crippen LogP contribution in [0.1, 0.15) is 37.9 Å². The van der Waals surface area contributed by atoms with Gasteiger partial charge in [-0.15, -0.1) is 0 Å². The van der Waals surface area contributed by atoms with Crippen LogP contribution in [-0.2, 0) is 17.6 Å². The zero-order chi connectivity index (χ0) is 11.4. The summed E-state index contributed by atoms with van der Waals surface area (Å²) in [6, 6.07) is 0. The van der Waals surface area contributed by atoms with Crippen LogP contribution in [-0.4, -0.2) is 26.9 Å². The van der Waals surface area contributed by atoms with Crippen LogP contribution in [0.5, 0.6) is 0 Å². The van der Waals surface area contributed by atoms with Gasteiger partial charge in [0.05, 0.1) is 6.42 Å². The van der Waals surface area contributed by atoms with Crippen molar-refractivity contribution in [2.45, 2.75) is 44.3 Å². The van der Waals surface area contributed by atoms with Crippen LogP contribution in [0, 0.1) is 0 Å². The minimum Gasteiger partial charge on any atom is -0.339 e. The molecule has 1 unspecified atom stereocenters. The summed E-state index contributed by atoms with van der Waals surface area (Å²) in [4.78, 5) is 15.1. The third-order valence-electron chi connectivity index (χ3n) is 2.59. The quantitative estimate of drug-likeness (QED) is 0.806. The molecule has 1 aromatic rings. The molecule has 1 fully saturated rings. The highest BCUT2D eigenvalue weighted by Crippen LogP contribution is 2.27. The molecule has 88 valence electrons. The number of aromatic nitrogens is 2. The first-order chi connectivity index (χ1) is 7.74. The van der Waals surface area contributed by atoms with Crippen molar-refractivity contribution in [2.24, 2.45) is 0 Å². The Balaban J connectivity index is 1.88. The lowest BCUT2D eigenvalue weighted by Gasteiger charge is -2.19. The van der Waals surface area contributed by atoms with Crippen LogP contribution in [0.3, 0.4) is 0 Å². The van der Waals surface area contributed by atoms with E-state index < -0.39 is 0 Å². The maximum atomic E-state index is 10.9. The highest BCUT2D eigenvalue weighted by molar-refractivity contribution is 7.99. The normalized spacial score (nSPS) is 20.9. The van der Waals surface area contributed by atoms with Crippen molar-refractivity contribution in [1.29, 1.82) is 0 Å². The van der Waals surface area contributed by atoms with Crippen LogP contribution in [0.15, 0.2) is 4.52 Å². The second-order valence-electron chi connectivity index (χ2n) is 4.18. The fourth-order valence-electron chi connectivity index (χ4n) is 1.83. The summed E-state index contributed by atoms with van der Waals surface area (Å²) in [5.74, 6) is 2.49. The van der Waals surface area contributed by atoms with Crippen LogP contribution in [0.4, 0.5) is 0 Å². The molecule has 2 rings (SSSR count). The molecule has 16 heavy (non-hydrogen) atoms. The molecule has 0 aliphatic carbocycles. The van der Waals surface area contributed by atoms with Gasteiger partial charge in [-0.25, -0.2) is 0 Å². The summed E-state index contributed by atoms with van der Waals surface area (Å²) in [5.41, 5.74) is 0. The minimum absolute atomic E-state index is 0.0576. The molecule has 0 amide bonds. The van der Waals surface area contributed by atoms with Gasteiger partial charge in [0.25, 0.3) is 0 Å². The molecule has 0 bridgehead atoms. The molecule has 0 aromatic carbocycles. The van der Waals surface area contributed by atoms with Gasteiger partial charge in [0, 0.05) is 11.7 Å². The van der Waals surface area contributed by atoms with E-state index in [2.05, 4.69) is 10.1 Å². The third kappa shape index (κ3) is 3.33. The Bertz CT molecular complexity index is 359. The molecule has 1 aromatic heterocycles. The molecule has 1 aliphatic heterocycles. The molecule has 1 saturated heterocycles. The van der Waals surface area contributed by atoms with Gasteiger partial charge in [0.1, 0.15) is 5.78 Å². The Kier molecular flexibility index (Phi) is 3.98.